The minimum Gasteiger partial charge on any atom is -0.378 e. The summed E-state index contributed by atoms with van der Waals surface area (Å²) < 4.78 is 0. The van der Waals surface area contributed by atoms with Crippen LogP contribution in [0.3, 0.4) is 0 Å². The van der Waals surface area contributed by atoms with Crippen LogP contribution in [-0.4, -0.2) is 36.7 Å². The Labute approximate surface area is 145 Å². The Morgan fingerprint density at radius 3 is 2.58 bits per heavy atom. The molecule has 0 heterocycles. The minimum absolute atomic E-state index is 0.0657. The lowest BCUT2D eigenvalue weighted by molar-refractivity contribution is -0.384. The molecule has 7 heteroatoms. The Hall–Kier alpha value is -2.44. The minimum atomic E-state index is -0.504. The zero-order chi connectivity index (χ0) is 17.7. The monoisotopic (exact) mass is 347 g/mol. The van der Waals surface area contributed by atoms with Gasteiger partial charge in [-0.15, -0.1) is 0 Å². The highest BCUT2D eigenvalue weighted by Crippen LogP contribution is 2.29. The Kier molecular flexibility index (Phi) is 5.89. The number of carbonyl (C=O) groups is 1. The summed E-state index contributed by atoms with van der Waals surface area (Å²) in [5, 5.41) is 14.9. The highest BCUT2D eigenvalue weighted by Gasteiger charge is 2.19. The fourth-order valence-electron chi connectivity index (χ4n) is 2.45. The molecule has 0 bridgehead atoms. The van der Waals surface area contributed by atoms with E-state index in [4.69, 9.17) is 11.6 Å². The average molecular weight is 348 g/mol. The van der Waals surface area contributed by atoms with Gasteiger partial charge in [-0.25, -0.2) is 0 Å². The van der Waals surface area contributed by atoms with Crippen molar-refractivity contribution in [3.8, 4) is 0 Å². The van der Waals surface area contributed by atoms with Crippen LogP contribution in [0.15, 0.2) is 42.5 Å². The number of rotatable bonds is 7. The highest BCUT2D eigenvalue weighted by molar-refractivity contribution is 6.31. The van der Waals surface area contributed by atoms with E-state index in [1.54, 1.807) is 12.1 Å². The van der Waals surface area contributed by atoms with E-state index in [-0.39, 0.29) is 17.3 Å². The van der Waals surface area contributed by atoms with Gasteiger partial charge >= 0.3 is 0 Å². The van der Waals surface area contributed by atoms with Gasteiger partial charge in [-0.3, -0.25) is 14.9 Å². The van der Waals surface area contributed by atoms with Crippen LogP contribution in [0, 0.1) is 10.1 Å². The molecule has 1 N–H and O–H groups in total. The summed E-state index contributed by atoms with van der Waals surface area (Å²) in [6.07, 6.45) is 0.586. The van der Waals surface area contributed by atoms with Gasteiger partial charge in [0.25, 0.3) is 5.69 Å². The van der Waals surface area contributed by atoms with Crippen molar-refractivity contribution in [3.05, 3.63) is 68.7 Å². The van der Waals surface area contributed by atoms with Crippen LogP contribution in [0.25, 0.3) is 0 Å². The Balaban J connectivity index is 2.26. The topological polar surface area (TPSA) is 75.5 Å². The third-order valence-electron chi connectivity index (χ3n) is 3.73. The SMILES string of the molecule is CN(C)[C@@H](CNc1ccc(C=O)cc1[N+](=O)[O-])c1ccccc1Cl. The van der Waals surface area contributed by atoms with Crippen molar-refractivity contribution >= 4 is 29.3 Å². The third kappa shape index (κ3) is 4.10. The molecule has 2 aromatic rings. The average Bonchev–Trinajstić information content (AvgIpc) is 2.56. The van der Waals surface area contributed by atoms with Gasteiger partial charge in [0.1, 0.15) is 12.0 Å². The fourth-order valence-corrected chi connectivity index (χ4v) is 2.71. The van der Waals surface area contributed by atoms with E-state index in [0.717, 1.165) is 5.56 Å². The zero-order valence-corrected chi connectivity index (χ0v) is 14.2. The van der Waals surface area contributed by atoms with E-state index in [2.05, 4.69) is 5.32 Å². The summed E-state index contributed by atoms with van der Waals surface area (Å²) in [6, 6.07) is 11.8. The maximum atomic E-state index is 11.2. The number of hydrogen-bond donors (Lipinski definition) is 1. The first-order valence-corrected chi connectivity index (χ1v) is 7.70. The van der Waals surface area contributed by atoms with Gasteiger partial charge in [0.2, 0.25) is 0 Å². The van der Waals surface area contributed by atoms with Crippen LogP contribution >= 0.6 is 11.6 Å². The predicted octanol–water partition coefficient (Wildman–Crippen LogP) is 3.78. The van der Waals surface area contributed by atoms with Crippen LogP contribution in [0.5, 0.6) is 0 Å². The van der Waals surface area contributed by atoms with E-state index in [1.165, 1.54) is 6.07 Å². The van der Waals surface area contributed by atoms with Crippen molar-refractivity contribution in [2.24, 2.45) is 0 Å². The Morgan fingerprint density at radius 1 is 1.29 bits per heavy atom. The van der Waals surface area contributed by atoms with Crippen molar-refractivity contribution < 1.29 is 9.72 Å². The number of carbonyl (C=O) groups excluding carboxylic acids is 1. The van der Waals surface area contributed by atoms with Gasteiger partial charge in [0, 0.05) is 23.2 Å². The molecule has 0 amide bonds. The van der Waals surface area contributed by atoms with Crippen molar-refractivity contribution in [3.63, 3.8) is 0 Å². The first-order chi connectivity index (χ1) is 11.4. The number of nitro groups is 1. The van der Waals surface area contributed by atoms with E-state index in [0.29, 0.717) is 23.5 Å². The Bertz CT molecular complexity index is 750. The lowest BCUT2D eigenvalue weighted by atomic mass is 10.1. The smallest absolute Gasteiger partial charge is 0.293 e. The second-order valence-electron chi connectivity index (χ2n) is 5.53. The largest absolute Gasteiger partial charge is 0.378 e. The first kappa shape index (κ1) is 17.9. The molecule has 0 saturated carbocycles. The van der Waals surface area contributed by atoms with E-state index < -0.39 is 4.92 Å². The summed E-state index contributed by atoms with van der Waals surface area (Å²) in [5.74, 6) is 0. The summed E-state index contributed by atoms with van der Waals surface area (Å²) in [5.41, 5.74) is 1.44. The molecule has 1 atom stereocenters. The molecule has 6 nitrogen and oxygen atoms in total. The molecule has 2 aromatic carbocycles. The van der Waals surface area contributed by atoms with Gasteiger partial charge in [-0.2, -0.15) is 0 Å². The number of nitro benzene ring substituents is 1. The number of aldehydes is 1. The number of halogens is 1. The molecule has 0 aliphatic carbocycles. The third-order valence-corrected chi connectivity index (χ3v) is 4.07. The van der Waals surface area contributed by atoms with Gasteiger partial charge in [-0.05, 0) is 37.9 Å². The summed E-state index contributed by atoms with van der Waals surface area (Å²) in [4.78, 5) is 23.5. The molecular weight excluding hydrogens is 330 g/mol. The molecule has 0 spiro atoms. The predicted molar refractivity (Wildman–Crippen MR) is 94.9 cm³/mol. The number of nitrogens with zero attached hydrogens (tertiary/aromatic N) is 2. The zero-order valence-electron chi connectivity index (χ0n) is 13.4. The molecular formula is C17H18ClN3O3. The standard InChI is InChI=1S/C17H18ClN3O3/c1-20(2)17(13-5-3-4-6-14(13)18)10-19-15-8-7-12(11-22)9-16(15)21(23)24/h3-9,11,17,19H,10H2,1-2H3/t17-/m0/s1. The second-order valence-corrected chi connectivity index (χ2v) is 5.94. The van der Waals surface area contributed by atoms with Gasteiger partial charge in [0.15, 0.2) is 0 Å². The molecule has 0 aliphatic rings. The molecule has 0 saturated heterocycles. The normalized spacial score (nSPS) is 12.0. The molecule has 0 aliphatic heterocycles. The lowest BCUT2D eigenvalue weighted by Gasteiger charge is -2.26. The van der Waals surface area contributed by atoms with Crippen LogP contribution in [-0.2, 0) is 0 Å². The van der Waals surface area contributed by atoms with Crippen molar-refractivity contribution in [1.29, 1.82) is 0 Å². The summed E-state index contributed by atoms with van der Waals surface area (Å²) in [7, 11) is 3.83. The maximum absolute atomic E-state index is 11.2. The van der Waals surface area contributed by atoms with Crippen molar-refractivity contribution in [2.75, 3.05) is 26.0 Å². The second kappa shape index (κ2) is 7.90. The van der Waals surface area contributed by atoms with Gasteiger partial charge < -0.3 is 10.2 Å². The molecule has 0 aromatic heterocycles. The van der Waals surface area contributed by atoms with Gasteiger partial charge in [0.05, 0.1) is 11.0 Å². The number of hydrogen-bond acceptors (Lipinski definition) is 5. The van der Waals surface area contributed by atoms with Crippen LogP contribution in [0.4, 0.5) is 11.4 Å². The van der Waals surface area contributed by atoms with E-state index in [1.807, 2.05) is 43.3 Å². The first-order valence-electron chi connectivity index (χ1n) is 7.32. The summed E-state index contributed by atoms with van der Waals surface area (Å²) >= 11 is 6.26. The quantitative estimate of drug-likeness (QED) is 0.468. The molecule has 0 fully saturated rings. The number of anilines is 1. The van der Waals surface area contributed by atoms with E-state index in [9.17, 15) is 14.9 Å². The fraction of sp³-hybridized carbons (Fsp3) is 0.235. The number of nitrogens with one attached hydrogen (secondary N) is 1. The molecule has 0 unspecified atom stereocenters. The lowest BCUT2D eigenvalue weighted by Crippen LogP contribution is -2.27. The van der Waals surface area contributed by atoms with Crippen molar-refractivity contribution in [1.82, 2.24) is 4.90 Å². The van der Waals surface area contributed by atoms with Crippen LogP contribution in [0.2, 0.25) is 5.02 Å². The van der Waals surface area contributed by atoms with E-state index >= 15 is 0 Å². The van der Waals surface area contributed by atoms with Crippen molar-refractivity contribution in [2.45, 2.75) is 6.04 Å². The number of benzene rings is 2. The highest BCUT2D eigenvalue weighted by atomic mass is 35.5. The van der Waals surface area contributed by atoms with Gasteiger partial charge in [-0.1, -0.05) is 29.8 Å². The molecule has 0 radical (unpaired) electrons. The number of likely N-dealkylation sites (N-methyl/N-ethyl adjacent to an activating group) is 1. The van der Waals surface area contributed by atoms with Crippen LogP contribution < -0.4 is 5.32 Å². The summed E-state index contributed by atoms with van der Waals surface area (Å²) in [6.45, 7) is 0.429. The molecule has 126 valence electrons. The molecule has 24 heavy (non-hydrogen) atoms. The molecule has 2 rings (SSSR count). The van der Waals surface area contributed by atoms with Crippen LogP contribution in [0.1, 0.15) is 22.0 Å². The maximum Gasteiger partial charge on any atom is 0.293 e. The Morgan fingerprint density at radius 2 is 2.00 bits per heavy atom.